The molecule has 0 bridgehead atoms. The Morgan fingerprint density at radius 3 is 2.89 bits per heavy atom. The smallest absolute Gasteiger partial charge is 0.178 e. The molecular weight excluding hydrogens is 238 g/mol. The first-order chi connectivity index (χ1) is 9.40. The van der Waals surface area contributed by atoms with Crippen molar-refractivity contribution in [3.05, 3.63) is 30.1 Å². The van der Waals surface area contributed by atoms with Gasteiger partial charge in [0.25, 0.3) is 0 Å². The first-order valence-electron chi connectivity index (χ1n) is 7.06. The summed E-state index contributed by atoms with van der Waals surface area (Å²) in [4.78, 5) is 0. The van der Waals surface area contributed by atoms with Gasteiger partial charge in [0.05, 0.1) is 0 Å². The second kappa shape index (κ2) is 4.33. The summed E-state index contributed by atoms with van der Waals surface area (Å²) in [5, 5.41) is 16.5. The molecule has 0 aliphatic heterocycles. The lowest BCUT2D eigenvalue weighted by Crippen LogP contribution is -2.20. The highest BCUT2D eigenvalue weighted by molar-refractivity contribution is 5.45. The van der Waals surface area contributed by atoms with Gasteiger partial charge in [0.1, 0.15) is 5.82 Å². The predicted molar refractivity (Wildman–Crippen MR) is 73.2 cm³/mol. The SMILES string of the molecule is C1=C[C@@H](Nc2ccc3nnc(C4CC4)n3n2)CCC1. The van der Waals surface area contributed by atoms with Gasteiger partial charge in [0.2, 0.25) is 0 Å². The Bertz CT molecular complexity index is 626. The van der Waals surface area contributed by atoms with Gasteiger partial charge < -0.3 is 5.32 Å². The minimum absolute atomic E-state index is 0.402. The largest absolute Gasteiger partial charge is 0.362 e. The monoisotopic (exact) mass is 255 g/mol. The molecule has 5 heteroatoms. The molecule has 1 N–H and O–H groups in total. The molecule has 1 atom stereocenters. The molecule has 2 aliphatic carbocycles. The summed E-state index contributed by atoms with van der Waals surface area (Å²) in [5.41, 5.74) is 0.839. The molecule has 1 fully saturated rings. The van der Waals surface area contributed by atoms with Crippen molar-refractivity contribution >= 4 is 11.5 Å². The van der Waals surface area contributed by atoms with E-state index >= 15 is 0 Å². The van der Waals surface area contributed by atoms with Crippen LogP contribution in [-0.4, -0.2) is 25.9 Å². The molecule has 19 heavy (non-hydrogen) atoms. The van der Waals surface area contributed by atoms with E-state index in [1.807, 2.05) is 16.6 Å². The van der Waals surface area contributed by atoms with Gasteiger partial charge in [-0.25, -0.2) is 0 Å². The van der Waals surface area contributed by atoms with Crippen LogP contribution in [0, 0.1) is 0 Å². The molecule has 2 aliphatic rings. The van der Waals surface area contributed by atoms with E-state index in [2.05, 4.69) is 32.8 Å². The normalized spacial score (nSPS) is 22.8. The zero-order chi connectivity index (χ0) is 12.7. The third kappa shape index (κ3) is 2.09. The lowest BCUT2D eigenvalue weighted by molar-refractivity contribution is 0.668. The first kappa shape index (κ1) is 11.0. The van der Waals surface area contributed by atoms with Gasteiger partial charge in [0, 0.05) is 12.0 Å². The Morgan fingerprint density at radius 2 is 2.11 bits per heavy atom. The molecule has 0 radical (unpaired) electrons. The zero-order valence-electron chi connectivity index (χ0n) is 10.8. The molecular formula is C14H17N5. The second-order valence-corrected chi connectivity index (χ2v) is 5.43. The summed E-state index contributed by atoms with van der Waals surface area (Å²) >= 11 is 0. The predicted octanol–water partition coefficient (Wildman–Crippen LogP) is 2.52. The summed E-state index contributed by atoms with van der Waals surface area (Å²) in [6.45, 7) is 0. The van der Waals surface area contributed by atoms with Gasteiger partial charge in [-0.05, 0) is 44.2 Å². The summed E-state index contributed by atoms with van der Waals surface area (Å²) in [5.74, 6) is 2.48. The molecule has 5 nitrogen and oxygen atoms in total. The second-order valence-electron chi connectivity index (χ2n) is 5.43. The Morgan fingerprint density at radius 1 is 1.16 bits per heavy atom. The standard InChI is InChI=1S/C14H17N5/c1-2-4-11(5-3-1)15-12-8-9-13-16-17-14(10-6-7-10)19(13)18-12/h2,4,8-11H,1,3,5-7H2,(H,15,18)/t11-/m1/s1. The highest BCUT2D eigenvalue weighted by Crippen LogP contribution is 2.38. The van der Waals surface area contributed by atoms with Crippen molar-refractivity contribution in [1.82, 2.24) is 19.8 Å². The van der Waals surface area contributed by atoms with Gasteiger partial charge >= 0.3 is 0 Å². The van der Waals surface area contributed by atoms with Crippen molar-refractivity contribution in [3.63, 3.8) is 0 Å². The average molecular weight is 255 g/mol. The fourth-order valence-electron chi connectivity index (χ4n) is 2.60. The number of nitrogens with zero attached hydrogens (tertiary/aromatic N) is 4. The Hall–Kier alpha value is -1.91. The molecule has 2 heterocycles. The minimum atomic E-state index is 0.402. The molecule has 0 saturated heterocycles. The lowest BCUT2D eigenvalue weighted by atomic mass is 10.0. The first-order valence-corrected chi connectivity index (χ1v) is 7.06. The number of allylic oxidation sites excluding steroid dienone is 1. The molecule has 0 aromatic carbocycles. The number of anilines is 1. The number of aromatic nitrogens is 4. The number of nitrogens with one attached hydrogen (secondary N) is 1. The minimum Gasteiger partial charge on any atom is -0.362 e. The van der Waals surface area contributed by atoms with Crippen LogP contribution in [0.4, 0.5) is 5.82 Å². The highest BCUT2D eigenvalue weighted by Gasteiger charge is 2.29. The Balaban J connectivity index is 1.64. The van der Waals surface area contributed by atoms with Crippen LogP contribution < -0.4 is 5.32 Å². The number of hydrogen-bond donors (Lipinski definition) is 1. The quantitative estimate of drug-likeness (QED) is 0.856. The number of rotatable bonds is 3. The van der Waals surface area contributed by atoms with E-state index in [4.69, 9.17) is 0 Å². The summed E-state index contributed by atoms with van der Waals surface area (Å²) in [7, 11) is 0. The van der Waals surface area contributed by atoms with Crippen LogP contribution in [0.5, 0.6) is 0 Å². The maximum Gasteiger partial charge on any atom is 0.178 e. The van der Waals surface area contributed by atoms with Crippen LogP contribution in [-0.2, 0) is 0 Å². The van der Waals surface area contributed by atoms with Crippen LogP contribution in [0.15, 0.2) is 24.3 Å². The van der Waals surface area contributed by atoms with Crippen molar-refractivity contribution < 1.29 is 0 Å². The number of fused-ring (bicyclic) bond motifs is 1. The van der Waals surface area contributed by atoms with Crippen molar-refractivity contribution in [2.45, 2.75) is 44.1 Å². The van der Waals surface area contributed by atoms with E-state index < -0.39 is 0 Å². The maximum absolute atomic E-state index is 4.64. The molecule has 0 unspecified atom stereocenters. The third-order valence-electron chi connectivity index (χ3n) is 3.82. The van der Waals surface area contributed by atoms with Crippen LogP contribution >= 0.6 is 0 Å². The number of hydrogen-bond acceptors (Lipinski definition) is 4. The van der Waals surface area contributed by atoms with Gasteiger partial charge in [-0.15, -0.1) is 15.3 Å². The molecule has 1 saturated carbocycles. The van der Waals surface area contributed by atoms with Gasteiger partial charge in [-0.1, -0.05) is 12.2 Å². The van der Waals surface area contributed by atoms with Crippen LogP contribution in [0.25, 0.3) is 5.65 Å². The van der Waals surface area contributed by atoms with Crippen molar-refractivity contribution in [3.8, 4) is 0 Å². The molecule has 4 rings (SSSR count). The van der Waals surface area contributed by atoms with Crippen molar-refractivity contribution in [2.75, 3.05) is 5.32 Å². The van der Waals surface area contributed by atoms with E-state index in [0.29, 0.717) is 12.0 Å². The fourth-order valence-corrected chi connectivity index (χ4v) is 2.60. The highest BCUT2D eigenvalue weighted by atomic mass is 15.4. The lowest BCUT2D eigenvalue weighted by Gasteiger charge is -2.18. The fraction of sp³-hybridized carbons (Fsp3) is 0.500. The summed E-state index contributed by atoms with van der Waals surface area (Å²) in [6.07, 6.45) is 10.5. The van der Waals surface area contributed by atoms with Crippen LogP contribution in [0.2, 0.25) is 0 Å². The summed E-state index contributed by atoms with van der Waals surface area (Å²) < 4.78 is 1.90. The maximum atomic E-state index is 4.64. The Labute approximate surface area is 111 Å². The molecule has 0 amide bonds. The van der Waals surface area contributed by atoms with Crippen LogP contribution in [0.3, 0.4) is 0 Å². The van der Waals surface area contributed by atoms with E-state index in [1.165, 1.54) is 32.1 Å². The van der Waals surface area contributed by atoms with E-state index in [9.17, 15) is 0 Å². The van der Waals surface area contributed by atoms with E-state index in [0.717, 1.165) is 17.3 Å². The van der Waals surface area contributed by atoms with Gasteiger partial charge in [-0.3, -0.25) is 0 Å². The third-order valence-corrected chi connectivity index (χ3v) is 3.82. The van der Waals surface area contributed by atoms with Crippen LogP contribution in [0.1, 0.15) is 43.8 Å². The molecule has 2 aromatic heterocycles. The van der Waals surface area contributed by atoms with Gasteiger partial charge in [0.15, 0.2) is 11.5 Å². The van der Waals surface area contributed by atoms with E-state index in [1.54, 1.807) is 0 Å². The average Bonchev–Trinajstić information content (AvgIpc) is 3.20. The van der Waals surface area contributed by atoms with E-state index in [-0.39, 0.29) is 0 Å². The topological polar surface area (TPSA) is 55.1 Å². The molecule has 98 valence electrons. The Kier molecular flexibility index (Phi) is 2.50. The van der Waals surface area contributed by atoms with Crippen molar-refractivity contribution in [1.29, 1.82) is 0 Å². The van der Waals surface area contributed by atoms with Gasteiger partial charge in [-0.2, -0.15) is 4.52 Å². The van der Waals surface area contributed by atoms with Crippen molar-refractivity contribution in [2.24, 2.45) is 0 Å². The zero-order valence-corrected chi connectivity index (χ0v) is 10.8. The molecule has 0 spiro atoms. The molecule has 2 aromatic rings. The summed E-state index contributed by atoms with van der Waals surface area (Å²) in [6, 6.07) is 4.38.